The normalized spacial score (nSPS) is 15.7. The highest BCUT2D eigenvalue weighted by Crippen LogP contribution is 2.47. The van der Waals surface area contributed by atoms with Gasteiger partial charge in [0.05, 0.1) is 23.7 Å². The van der Waals surface area contributed by atoms with Crippen molar-refractivity contribution < 1.29 is 14.3 Å². The number of anilines is 1. The highest BCUT2D eigenvalue weighted by molar-refractivity contribution is 7.16. The maximum Gasteiger partial charge on any atom is 0.323 e. The van der Waals surface area contributed by atoms with Gasteiger partial charge in [-0.2, -0.15) is 0 Å². The van der Waals surface area contributed by atoms with E-state index in [-0.39, 0.29) is 12.5 Å². The Morgan fingerprint density at radius 2 is 1.74 bits per heavy atom. The van der Waals surface area contributed by atoms with Crippen molar-refractivity contribution in [2.75, 3.05) is 11.5 Å². The molecule has 0 saturated heterocycles. The Hall–Kier alpha value is -2.92. The van der Waals surface area contributed by atoms with E-state index in [1.807, 2.05) is 66.7 Å². The van der Waals surface area contributed by atoms with Gasteiger partial charge in [-0.15, -0.1) is 11.3 Å². The molecular formula is C22H19NO3S. The summed E-state index contributed by atoms with van der Waals surface area (Å²) in [5, 5.41) is 0. The molecule has 0 aliphatic carbocycles. The molecule has 1 atom stereocenters. The average Bonchev–Trinajstić information content (AvgIpc) is 3.22. The quantitative estimate of drug-likeness (QED) is 0.482. The minimum Gasteiger partial charge on any atom is -0.465 e. The van der Waals surface area contributed by atoms with Crippen molar-refractivity contribution in [2.45, 2.75) is 19.4 Å². The molecule has 1 aliphatic heterocycles. The zero-order valence-corrected chi connectivity index (χ0v) is 15.7. The molecule has 5 heteroatoms. The van der Waals surface area contributed by atoms with Gasteiger partial charge in [-0.25, -0.2) is 0 Å². The third kappa shape index (κ3) is 3.26. The molecule has 2 aromatic carbocycles. The molecule has 3 aromatic rings. The molecule has 0 radical (unpaired) electrons. The van der Waals surface area contributed by atoms with Crippen LogP contribution in [-0.2, 0) is 20.9 Å². The van der Waals surface area contributed by atoms with Crippen molar-refractivity contribution in [1.29, 1.82) is 0 Å². The lowest BCUT2D eigenvalue weighted by Gasteiger charge is -2.18. The second-order valence-electron chi connectivity index (χ2n) is 6.32. The molecule has 1 amide bonds. The van der Waals surface area contributed by atoms with E-state index in [2.05, 4.69) is 0 Å². The molecule has 136 valence electrons. The fraction of sp³-hybridized carbons (Fsp3) is 0.182. The first-order valence-corrected chi connectivity index (χ1v) is 9.71. The van der Waals surface area contributed by atoms with Crippen LogP contribution in [0.15, 0.2) is 66.7 Å². The van der Waals surface area contributed by atoms with Crippen molar-refractivity contribution in [2.24, 2.45) is 0 Å². The first kappa shape index (κ1) is 17.5. The molecule has 27 heavy (non-hydrogen) atoms. The first-order valence-electron chi connectivity index (χ1n) is 8.90. The van der Waals surface area contributed by atoms with Gasteiger partial charge in [-0.05, 0) is 24.1 Å². The predicted molar refractivity (Wildman–Crippen MR) is 107 cm³/mol. The molecule has 0 fully saturated rings. The number of thiophene rings is 1. The van der Waals surface area contributed by atoms with Crippen LogP contribution in [0.5, 0.6) is 0 Å². The second-order valence-corrected chi connectivity index (χ2v) is 7.40. The van der Waals surface area contributed by atoms with Crippen molar-refractivity contribution >= 4 is 28.9 Å². The van der Waals surface area contributed by atoms with Gasteiger partial charge >= 0.3 is 5.97 Å². The Bertz CT molecular complexity index is 966. The molecule has 4 nitrogen and oxygen atoms in total. The van der Waals surface area contributed by atoms with E-state index >= 15 is 0 Å². The fourth-order valence-corrected chi connectivity index (χ4v) is 4.56. The van der Waals surface area contributed by atoms with Crippen LogP contribution in [-0.4, -0.2) is 18.5 Å². The number of carbonyl (C=O) groups excluding carboxylic acids is 2. The summed E-state index contributed by atoms with van der Waals surface area (Å²) in [4.78, 5) is 29.0. The van der Waals surface area contributed by atoms with Crippen LogP contribution in [0.25, 0.3) is 10.4 Å². The summed E-state index contributed by atoms with van der Waals surface area (Å²) >= 11 is 1.49. The SMILES string of the molecule is CCOC(=O)C1C(=O)N(Cc2ccccc2)c2cc(-c3ccccc3)sc21. The van der Waals surface area contributed by atoms with E-state index in [0.717, 1.165) is 26.6 Å². The van der Waals surface area contributed by atoms with Gasteiger partial charge in [0.15, 0.2) is 5.92 Å². The van der Waals surface area contributed by atoms with Crippen LogP contribution in [0.3, 0.4) is 0 Å². The van der Waals surface area contributed by atoms with Crippen LogP contribution in [0.2, 0.25) is 0 Å². The fourth-order valence-electron chi connectivity index (χ4n) is 3.31. The van der Waals surface area contributed by atoms with Crippen LogP contribution < -0.4 is 4.90 Å². The molecule has 1 aliphatic rings. The van der Waals surface area contributed by atoms with Crippen LogP contribution in [0.1, 0.15) is 23.3 Å². The summed E-state index contributed by atoms with van der Waals surface area (Å²) in [6.07, 6.45) is 0. The number of fused-ring (bicyclic) bond motifs is 1. The average molecular weight is 377 g/mol. The molecule has 1 unspecified atom stereocenters. The van der Waals surface area contributed by atoms with Crippen molar-refractivity contribution in [1.82, 2.24) is 0 Å². The van der Waals surface area contributed by atoms with Crippen LogP contribution in [0.4, 0.5) is 5.69 Å². The summed E-state index contributed by atoms with van der Waals surface area (Å²) in [7, 11) is 0. The monoisotopic (exact) mass is 377 g/mol. The van der Waals surface area contributed by atoms with E-state index < -0.39 is 11.9 Å². The number of amides is 1. The molecule has 0 bridgehead atoms. The summed E-state index contributed by atoms with van der Waals surface area (Å²) in [6, 6.07) is 21.8. The maximum absolute atomic E-state index is 13.0. The lowest BCUT2D eigenvalue weighted by atomic mass is 10.1. The molecule has 0 saturated carbocycles. The summed E-state index contributed by atoms with van der Waals surface area (Å²) in [5.41, 5.74) is 2.91. The number of carbonyl (C=O) groups is 2. The third-order valence-corrected chi connectivity index (χ3v) is 5.81. The number of rotatable bonds is 5. The van der Waals surface area contributed by atoms with Crippen molar-refractivity contribution in [3.05, 3.63) is 77.2 Å². The van der Waals surface area contributed by atoms with E-state index in [0.29, 0.717) is 6.54 Å². The van der Waals surface area contributed by atoms with Gasteiger partial charge in [-0.1, -0.05) is 60.7 Å². The summed E-state index contributed by atoms with van der Waals surface area (Å²) in [5.74, 6) is -1.55. The third-order valence-electron chi connectivity index (χ3n) is 4.57. The lowest BCUT2D eigenvalue weighted by Crippen LogP contribution is -2.32. The van der Waals surface area contributed by atoms with E-state index in [1.54, 1.807) is 11.8 Å². The maximum atomic E-state index is 13.0. The lowest BCUT2D eigenvalue weighted by molar-refractivity contribution is -0.147. The predicted octanol–water partition coefficient (Wildman–Crippen LogP) is 4.61. The van der Waals surface area contributed by atoms with Crippen LogP contribution in [0, 0.1) is 0 Å². The number of esters is 1. The molecule has 0 spiro atoms. The van der Waals surface area contributed by atoms with Crippen molar-refractivity contribution in [3.8, 4) is 10.4 Å². The van der Waals surface area contributed by atoms with Gasteiger partial charge in [-0.3, -0.25) is 9.59 Å². The largest absolute Gasteiger partial charge is 0.465 e. The zero-order valence-electron chi connectivity index (χ0n) is 14.9. The van der Waals surface area contributed by atoms with Gasteiger partial charge < -0.3 is 9.64 Å². The number of nitrogens with zero attached hydrogens (tertiary/aromatic N) is 1. The number of hydrogen-bond donors (Lipinski definition) is 0. The minimum atomic E-state index is -0.869. The van der Waals surface area contributed by atoms with Crippen LogP contribution >= 0.6 is 11.3 Å². The zero-order chi connectivity index (χ0) is 18.8. The highest BCUT2D eigenvalue weighted by atomic mass is 32.1. The van der Waals surface area contributed by atoms with E-state index in [4.69, 9.17) is 4.74 Å². The Morgan fingerprint density at radius 3 is 2.41 bits per heavy atom. The molecular weight excluding hydrogens is 358 g/mol. The summed E-state index contributed by atoms with van der Waals surface area (Å²) in [6.45, 7) is 2.45. The van der Waals surface area contributed by atoms with Crippen molar-refractivity contribution in [3.63, 3.8) is 0 Å². The molecule has 1 aromatic heterocycles. The highest BCUT2D eigenvalue weighted by Gasteiger charge is 2.44. The van der Waals surface area contributed by atoms with Gasteiger partial charge in [0, 0.05) is 4.88 Å². The minimum absolute atomic E-state index is 0.210. The summed E-state index contributed by atoms with van der Waals surface area (Å²) < 4.78 is 5.19. The Kier molecular flexibility index (Phi) is 4.77. The van der Waals surface area contributed by atoms with Gasteiger partial charge in [0.1, 0.15) is 0 Å². The number of benzene rings is 2. The number of hydrogen-bond acceptors (Lipinski definition) is 4. The smallest absolute Gasteiger partial charge is 0.323 e. The molecule has 2 heterocycles. The Morgan fingerprint density at radius 1 is 1.07 bits per heavy atom. The standard InChI is InChI=1S/C22H19NO3S/c1-2-26-22(25)19-20-17(13-18(27-20)16-11-7-4-8-12-16)23(21(19)24)14-15-9-5-3-6-10-15/h3-13,19H,2,14H2,1H3. The van der Waals surface area contributed by atoms with E-state index in [1.165, 1.54) is 11.3 Å². The second kappa shape index (κ2) is 7.37. The van der Waals surface area contributed by atoms with E-state index in [9.17, 15) is 9.59 Å². The first-order chi connectivity index (χ1) is 13.2. The van der Waals surface area contributed by atoms with Gasteiger partial charge in [0.2, 0.25) is 5.91 Å². The topological polar surface area (TPSA) is 46.6 Å². The molecule has 0 N–H and O–H groups in total. The van der Waals surface area contributed by atoms with Gasteiger partial charge in [0.25, 0.3) is 0 Å². The molecule has 4 rings (SSSR count). The Labute approximate surface area is 162 Å². The number of ether oxygens (including phenoxy) is 1. The Balaban J connectivity index is 1.75.